The van der Waals surface area contributed by atoms with Gasteiger partial charge in [0.05, 0.1) is 6.61 Å². The van der Waals surface area contributed by atoms with Crippen LogP contribution in [0.2, 0.25) is 0 Å². The molecule has 0 aliphatic carbocycles. The van der Waals surface area contributed by atoms with Gasteiger partial charge in [0.2, 0.25) is 5.69 Å². The van der Waals surface area contributed by atoms with E-state index in [9.17, 15) is 4.79 Å². The van der Waals surface area contributed by atoms with Crippen molar-refractivity contribution in [3.8, 4) is 22.4 Å². The standard InChI is InChI=1S/C27H24NO2/c1-2-30-27(29)26-19-24(22-14-8-4-9-15-22)18-25(23-16-10-5-11-17-23)28(26)20-21-12-6-3-7-13-21/h3-19H,2,20H2,1H3/q+1. The van der Waals surface area contributed by atoms with E-state index in [2.05, 4.69) is 47.0 Å². The Hall–Kier alpha value is -3.72. The van der Waals surface area contributed by atoms with Crippen LogP contribution in [0.3, 0.4) is 0 Å². The summed E-state index contributed by atoms with van der Waals surface area (Å²) in [5.41, 5.74) is 5.74. The summed E-state index contributed by atoms with van der Waals surface area (Å²) in [6.45, 7) is 2.74. The van der Waals surface area contributed by atoms with E-state index in [-0.39, 0.29) is 5.97 Å². The van der Waals surface area contributed by atoms with Crippen molar-refractivity contribution in [3.63, 3.8) is 0 Å². The molecular formula is C27H24NO2+. The normalized spacial score (nSPS) is 10.6. The number of carbonyl (C=O) groups excluding carboxylic acids is 1. The molecule has 0 atom stereocenters. The lowest BCUT2D eigenvalue weighted by Crippen LogP contribution is -2.43. The smallest absolute Gasteiger partial charge is 0.403 e. The van der Waals surface area contributed by atoms with Crippen molar-refractivity contribution in [1.29, 1.82) is 0 Å². The van der Waals surface area contributed by atoms with Crippen LogP contribution in [-0.4, -0.2) is 12.6 Å². The maximum Gasteiger partial charge on any atom is 0.403 e. The highest BCUT2D eigenvalue weighted by molar-refractivity contribution is 5.88. The van der Waals surface area contributed by atoms with Gasteiger partial charge in [0.25, 0.3) is 5.69 Å². The monoisotopic (exact) mass is 394 g/mol. The Balaban J connectivity index is 1.96. The second kappa shape index (κ2) is 9.19. The van der Waals surface area contributed by atoms with Gasteiger partial charge in [-0.1, -0.05) is 78.9 Å². The summed E-state index contributed by atoms with van der Waals surface area (Å²) in [5.74, 6) is -0.316. The molecule has 4 rings (SSSR count). The van der Waals surface area contributed by atoms with Gasteiger partial charge in [0.15, 0.2) is 6.54 Å². The van der Waals surface area contributed by atoms with Gasteiger partial charge in [-0.2, -0.15) is 4.57 Å². The molecule has 0 fully saturated rings. The van der Waals surface area contributed by atoms with Gasteiger partial charge in [-0.05, 0) is 30.2 Å². The van der Waals surface area contributed by atoms with Gasteiger partial charge in [-0.25, -0.2) is 4.79 Å². The molecular weight excluding hydrogens is 370 g/mol. The first kappa shape index (κ1) is 19.6. The molecule has 0 aliphatic rings. The number of nitrogens with zero attached hydrogens (tertiary/aromatic N) is 1. The predicted molar refractivity (Wildman–Crippen MR) is 119 cm³/mol. The largest absolute Gasteiger partial charge is 0.458 e. The van der Waals surface area contributed by atoms with Gasteiger partial charge in [-0.15, -0.1) is 0 Å². The van der Waals surface area contributed by atoms with Gasteiger partial charge in [0.1, 0.15) is 0 Å². The second-order valence-electron chi connectivity index (χ2n) is 7.04. The lowest BCUT2D eigenvalue weighted by atomic mass is 10.0. The molecule has 0 aliphatic heterocycles. The molecule has 0 spiro atoms. The molecule has 1 heterocycles. The van der Waals surface area contributed by atoms with Crippen molar-refractivity contribution in [2.75, 3.05) is 6.61 Å². The number of ether oxygens (including phenoxy) is 1. The van der Waals surface area contributed by atoms with E-state index in [1.807, 2.05) is 67.6 Å². The van der Waals surface area contributed by atoms with Gasteiger partial charge < -0.3 is 4.74 Å². The molecule has 1 aromatic heterocycles. The number of aromatic nitrogens is 1. The highest BCUT2D eigenvalue weighted by Crippen LogP contribution is 2.26. The Kier molecular flexibility index (Phi) is 6.00. The maximum absolute atomic E-state index is 13.0. The topological polar surface area (TPSA) is 30.2 Å². The molecule has 0 saturated heterocycles. The van der Waals surface area contributed by atoms with Crippen LogP contribution < -0.4 is 4.57 Å². The van der Waals surface area contributed by atoms with Gasteiger partial charge in [-0.3, -0.25) is 0 Å². The second-order valence-corrected chi connectivity index (χ2v) is 7.04. The van der Waals surface area contributed by atoms with Crippen molar-refractivity contribution in [1.82, 2.24) is 0 Å². The van der Waals surface area contributed by atoms with Crippen molar-refractivity contribution in [3.05, 3.63) is 114 Å². The number of esters is 1. The minimum Gasteiger partial charge on any atom is -0.458 e. The molecule has 0 bridgehead atoms. The summed E-state index contributed by atoms with van der Waals surface area (Å²) in [6.07, 6.45) is 0. The first-order chi connectivity index (χ1) is 14.8. The molecule has 0 saturated carbocycles. The molecule has 0 unspecified atom stereocenters. The van der Waals surface area contributed by atoms with Gasteiger partial charge >= 0.3 is 5.97 Å². The van der Waals surface area contributed by atoms with E-state index in [0.29, 0.717) is 18.8 Å². The SMILES string of the molecule is CCOC(=O)c1cc(-c2ccccc2)cc(-c2ccccc2)[n+]1Cc1ccccc1. The molecule has 3 aromatic carbocycles. The highest BCUT2D eigenvalue weighted by Gasteiger charge is 2.27. The van der Waals surface area contributed by atoms with Crippen LogP contribution in [0.25, 0.3) is 22.4 Å². The van der Waals surface area contributed by atoms with Crippen molar-refractivity contribution in [2.45, 2.75) is 13.5 Å². The van der Waals surface area contributed by atoms with Crippen molar-refractivity contribution in [2.24, 2.45) is 0 Å². The van der Waals surface area contributed by atoms with Crippen molar-refractivity contribution < 1.29 is 14.1 Å². The van der Waals surface area contributed by atoms with Crippen LogP contribution in [-0.2, 0) is 11.3 Å². The molecule has 4 aromatic rings. The summed E-state index contributed by atoms with van der Waals surface area (Å²) in [4.78, 5) is 13.0. The van der Waals surface area contributed by atoms with Gasteiger partial charge in [0, 0.05) is 23.3 Å². The first-order valence-electron chi connectivity index (χ1n) is 10.2. The lowest BCUT2D eigenvalue weighted by Gasteiger charge is -2.12. The van der Waals surface area contributed by atoms with E-state index < -0.39 is 0 Å². The molecule has 0 radical (unpaired) electrons. The molecule has 0 N–H and O–H groups in total. The fourth-order valence-corrected chi connectivity index (χ4v) is 3.58. The lowest BCUT2D eigenvalue weighted by molar-refractivity contribution is -0.679. The molecule has 148 valence electrons. The summed E-state index contributed by atoms with van der Waals surface area (Å²) < 4.78 is 7.48. The average molecular weight is 394 g/mol. The number of carbonyl (C=O) groups is 1. The number of pyridine rings is 1. The number of rotatable bonds is 6. The summed E-state index contributed by atoms with van der Waals surface area (Å²) in [6, 6.07) is 34.5. The van der Waals surface area contributed by atoms with E-state index in [1.165, 1.54) is 0 Å². The Labute approximate surface area is 177 Å². The average Bonchev–Trinajstić information content (AvgIpc) is 2.81. The summed E-state index contributed by atoms with van der Waals surface area (Å²) in [5, 5.41) is 0. The molecule has 0 amide bonds. The molecule has 30 heavy (non-hydrogen) atoms. The van der Waals surface area contributed by atoms with Crippen LogP contribution in [0.5, 0.6) is 0 Å². The number of benzene rings is 3. The Bertz CT molecular complexity index is 1120. The van der Waals surface area contributed by atoms with E-state index >= 15 is 0 Å². The van der Waals surface area contributed by atoms with E-state index in [0.717, 1.165) is 27.9 Å². The van der Waals surface area contributed by atoms with Crippen LogP contribution in [0.15, 0.2) is 103 Å². The van der Waals surface area contributed by atoms with Crippen LogP contribution in [0.4, 0.5) is 0 Å². The Morgan fingerprint density at radius 1 is 0.733 bits per heavy atom. The zero-order valence-electron chi connectivity index (χ0n) is 17.0. The molecule has 3 nitrogen and oxygen atoms in total. The van der Waals surface area contributed by atoms with E-state index in [4.69, 9.17) is 4.74 Å². The third-order valence-corrected chi connectivity index (χ3v) is 5.01. The maximum atomic E-state index is 13.0. The predicted octanol–water partition coefficient (Wildman–Crippen LogP) is 5.53. The summed E-state index contributed by atoms with van der Waals surface area (Å²) >= 11 is 0. The number of hydrogen-bond acceptors (Lipinski definition) is 2. The highest BCUT2D eigenvalue weighted by atomic mass is 16.5. The summed E-state index contributed by atoms with van der Waals surface area (Å²) in [7, 11) is 0. The zero-order chi connectivity index (χ0) is 20.8. The van der Waals surface area contributed by atoms with Crippen LogP contribution >= 0.6 is 0 Å². The molecule has 3 heteroatoms. The van der Waals surface area contributed by atoms with E-state index in [1.54, 1.807) is 0 Å². The minimum absolute atomic E-state index is 0.316. The third-order valence-electron chi connectivity index (χ3n) is 5.01. The minimum atomic E-state index is -0.316. The Morgan fingerprint density at radius 2 is 1.30 bits per heavy atom. The third kappa shape index (κ3) is 4.31. The Morgan fingerprint density at radius 3 is 1.90 bits per heavy atom. The fraction of sp³-hybridized carbons (Fsp3) is 0.111. The fourth-order valence-electron chi connectivity index (χ4n) is 3.58. The van der Waals surface area contributed by atoms with Crippen LogP contribution in [0, 0.1) is 0 Å². The van der Waals surface area contributed by atoms with Crippen LogP contribution in [0.1, 0.15) is 23.0 Å². The first-order valence-corrected chi connectivity index (χ1v) is 10.2. The number of hydrogen-bond donors (Lipinski definition) is 0. The van der Waals surface area contributed by atoms with Crippen molar-refractivity contribution >= 4 is 5.97 Å². The zero-order valence-corrected chi connectivity index (χ0v) is 17.0. The quantitative estimate of drug-likeness (QED) is 0.318.